The van der Waals surface area contributed by atoms with Crippen molar-refractivity contribution in [1.82, 2.24) is 0 Å². The van der Waals surface area contributed by atoms with E-state index in [1.165, 1.54) is 0 Å². The second-order valence-corrected chi connectivity index (χ2v) is 3.13. The largest absolute Gasteiger partial charge is 0.486 e. The summed E-state index contributed by atoms with van der Waals surface area (Å²) >= 11 is 4.89. The first-order valence-corrected chi connectivity index (χ1v) is 4.38. The molecule has 2 N–H and O–H groups in total. The van der Waals surface area contributed by atoms with E-state index in [-0.39, 0.29) is 0 Å². The lowest BCUT2D eigenvalue weighted by Gasteiger charge is -2.20. The molecule has 0 spiro atoms. The van der Waals surface area contributed by atoms with Crippen molar-refractivity contribution in [2.24, 2.45) is 5.73 Å². The SMILES string of the molecule is NC(=S)c1cccc2c1OCCO2. The average Bonchev–Trinajstić information content (AvgIpc) is 2.17. The molecule has 0 radical (unpaired) electrons. The Hall–Kier alpha value is -1.29. The van der Waals surface area contributed by atoms with E-state index in [1.807, 2.05) is 18.2 Å². The van der Waals surface area contributed by atoms with E-state index in [0.29, 0.717) is 24.0 Å². The highest BCUT2D eigenvalue weighted by molar-refractivity contribution is 7.80. The fourth-order valence-electron chi connectivity index (χ4n) is 1.27. The molecule has 2 rings (SSSR count). The summed E-state index contributed by atoms with van der Waals surface area (Å²) in [6.07, 6.45) is 0. The van der Waals surface area contributed by atoms with Gasteiger partial charge in [-0.25, -0.2) is 0 Å². The van der Waals surface area contributed by atoms with Crippen LogP contribution in [0.5, 0.6) is 11.5 Å². The summed E-state index contributed by atoms with van der Waals surface area (Å²) in [6, 6.07) is 5.52. The maximum Gasteiger partial charge on any atom is 0.171 e. The Labute approximate surface area is 81.4 Å². The van der Waals surface area contributed by atoms with Gasteiger partial charge in [0, 0.05) is 0 Å². The number of rotatable bonds is 1. The topological polar surface area (TPSA) is 44.5 Å². The van der Waals surface area contributed by atoms with Gasteiger partial charge in [0.05, 0.1) is 5.56 Å². The van der Waals surface area contributed by atoms with Gasteiger partial charge in [0.1, 0.15) is 18.2 Å². The van der Waals surface area contributed by atoms with Crippen LogP contribution in [0.15, 0.2) is 18.2 Å². The van der Waals surface area contributed by atoms with Gasteiger partial charge in [0.2, 0.25) is 0 Å². The molecule has 0 unspecified atom stereocenters. The number of hydrogen-bond acceptors (Lipinski definition) is 3. The van der Waals surface area contributed by atoms with Crippen molar-refractivity contribution in [3.05, 3.63) is 23.8 Å². The minimum absolute atomic E-state index is 0.336. The lowest BCUT2D eigenvalue weighted by atomic mass is 10.2. The van der Waals surface area contributed by atoms with E-state index in [1.54, 1.807) is 0 Å². The van der Waals surface area contributed by atoms with E-state index >= 15 is 0 Å². The molecule has 1 aromatic carbocycles. The Morgan fingerprint density at radius 3 is 2.85 bits per heavy atom. The lowest BCUT2D eigenvalue weighted by Crippen LogP contribution is -2.19. The predicted molar refractivity (Wildman–Crippen MR) is 53.3 cm³/mol. The molecule has 0 bridgehead atoms. The number of benzene rings is 1. The van der Waals surface area contributed by atoms with Crippen LogP contribution in [0.1, 0.15) is 5.56 Å². The summed E-state index contributed by atoms with van der Waals surface area (Å²) in [5.74, 6) is 1.39. The first kappa shape index (κ1) is 8.31. The molecule has 3 nitrogen and oxygen atoms in total. The second-order valence-electron chi connectivity index (χ2n) is 2.69. The number of ether oxygens (including phenoxy) is 2. The molecule has 0 saturated heterocycles. The van der Waals surface area contributed by atoms with E-state index in [2.05, 4.69) is 0 Å². The highest BCUT2D eigenvalue weighted by Crippen LogP contribution is 2.33. The van der Waals surface area contributed by atoms with Crippen LogP contribution >= 0.6 is 12.2 Å². The maximum absolute atomic E-state index is 5.53. The van der Waals surface area contributed by atoms with Gasteiger partial charge < -0.3 is 15.2 Å². The number of thiocarbonyl (C=S) groups is 1. The highest BCUT2D eigenvalue weighted by Gasteiger charge is 2.16. The maximum atomic E-state index is 5.53. The summed E-state index contributed by atoms with van der Waals surface area (Å²) in [5.41, 5.74) is 6.28. The second kappa shape index (κ2) is 3.22. The molecule has 0 saturated carbocycles. The molecular weight excluding hydrogens is 186 g/mol. The standard InChI is InChI=1S/C9H9NO2S/c10-9(13)6-2-1-3-7-8(6)12-5-4-11-7/h1-3H,4-5H2,(H2,10,13). The first-order chi connectivity index (χ1) is 6.29. The zero-order valence-electron chi connectivity index (χ0n) is 6.95. The lowest BCUT2D eigenvalue weighted by molar-refractivity contribution is 0.171. The van der Waals surface area contributed by atoms with Gasteiger partial charge in [0.15, 0.2) is 11.5 Å². The van der Waals surface area contributed by atoms with Crippen LogP contribution in [-0.2, 0) is 0 Å². The predicted octanol–water partition coefficient (Wildman–Crippen LogP) is 1.09. The third-order valence-electron chi connectivity index (χ3n) is 1.83. The number of nitrogens with two attached hydrogens (primary N) is 1. The Bertz CT molecular complexity index is 351. The van der Waals surface area contributed by atoms with Crippen LogP contribution in [0.4, 0.5) is 0 Å². The minimum Gasteiger partial charge on any atom is -0.486 e. The fraction of sp³-hybridized carbons (Fsp3) is 0.222. The van der Waals surface area contributed by atoms with Crippen LogP contribution in [0.3, 0.4) is 0 Å². The monoisotopic (exact) mass is 195 g/mol. The molecule has 1 aliphatic heterocycles. The smallest absolute Gasteiger partial charge is 0.171 e. The van der Waals surface area contributed by atoms with Crippen LogP contribution in [0.2, 0.25) is 0 Å². The van der Waals surface area contributed by atoms with Crippen LogP contribution in [0.25, 0.3) is 0 Å². The van der Waals surface area contributed by atoms with Crippen molar-refractivity contribution in [2.45, 2.75) is 0 Å². The van der Waals surface area contributed by atoms with Gasteiger partial charge in [-0.15, -0.1) is 0 Å². The minimum atomic E-state index is 0.336. The molecule has 1 aromatic rings. The van der Waals surface area contributed by atoms with Crippen molar-refractivity contribution in [1.29, 1.82) is 0 Å². The quantitative estimate of drug-likeness (QED) is 0.681. The normalized spacial score (nSPS) is 13.8. The molecule has 0 fully saturated rings. The van der Waals surface area contributed by atoms with Gasteiger partial charge in [0.25, 0.3) is 0 Å². The Kier molecular flexibility index (Phi) is 2.06. The van der Waals surface area contributed by atoms with E-state index < -0.39 is 0 Å². The molecule has 1 aliphatic rings. The molecule has 0 amide bonds. The fourth-order valence-corrected chi connectivity index (χ4v) is 1.43. The molecule has 68 valence electrons. The summed E-state index contributed by atoms with van der Waals surface area (Å²) in [6.45, 7) is 1.13. The molecular formula is C9H9NO2S. The van der Waals surface area contributed by atoms with Gasteiger partial charge in [-0.05, 0) is 12.1 Å². The highest BCUT2D eigenvalue weighted by atomic mass is 32.1. The Balaban J connectivity index is 2.52. The van der Waals surface area contributed by atoms with E-state index in [0.717, 1.165) is 11.3 Å². The van der Waals surface area contributed by atoms with Gasteiger partial charge in [-0.1, -0.05) is 18.3 Å². The molecule has 4 heteroatoms. The van der Waals surface area contributed by atoms with Crippen molar-refractivity contribution in [2.75, 3.05) is 13.2 Å². The van der Waals surface area contributed by atoms with Gasteiger partial charge >= 0.3 is 0 Å². The van der Waals surface area contributed by atoms with Crippen molar-refractivity contribution < 1.29 is 9.47 Å². The third kappa shape index (κ3) is 1.45. The summed E-state index contributed by atoms with van der Waals surface area (Å²) in [4.78, 5) is 0.336. The van der Waals surface area contributed by atoms with Crippen LogP contribution < -0.4 is 15.2 Å². The van der Waals surface area contributed by atoms with Crippen molar-refractivity contribution in [3.8, 4) is 11.5 Å². The average molecular weight is 195 g/mol. The van der Waals surface area contributed by atoms with E-state index in [4.69, 9.17) is 27.4 Å². The van der Waals surface area contributed by atoms with Crippen molar-refractivity contribution in [3.63, 3.8) is 0 Å². The summed E-state index contributed by atoms with van der Waals surface area (Å²) in [5, 5.41) is 0. The Morgan fingerprint density at radius 2 is 2.08 bits per heavy atom. The van der Waals surface area contributed by atoms with Crippen molar-refractivity contribution >= 4 is 17.2 Å². The van der Waals surface area contributed by atoms with E-state index in [9.17, 15) is 0 Å². The van der Waals surface area contributed by atoms with Gasteiger partial charge in [-0.3, -0.25) is 0 Å². The molecule has 1 heterocycles. The van der Waals surface area contributed by atoms with Crippen LogP contribution in [-0.4, -0.2) is 18.2 Å². The third-order valence-corrected chi connectivity index (χ3v) is 2.05. The number of hydrogen-bond donors (Lipinski definition) is 1. The molecule has 0 aromatic heterocycles. The zero-order valence-corrected chi connectivity index (χ0v) is 7.76. The van der Waals surface area contributed by atoms with Gasteiger partial charge in [-0.2, -0.15) is 0 Å². The number of fused-ring (bicyclic) bond motifs is 1. The number of para-hydroxylation sites is 1. The molecule has 13 heavy (non-hydrogen) atoms. The first-order valence-electron chi connectivity index (χ1n) is 3.97. The molecule has 0 aliphatic carbocycles. The summed E-state index contributed by atoms with van der Waals surface area (Å²) in [7, 11) is 0. The molecule has 0 atom stereocenters. The van der Waals surface area contributed by atoms with Crippen LogP contribution in [0, 0.1) is 0 Å². The summed E-state index contributed by atoms with van der Waals surface area (Å²) < 4.78 is 10.8. The Morgan fingerprint density at radius 1 is 1.31 bits per heavy atom. The zero-order chi connectivity index (χ0) is 9.26.